The maximum absolute atomic E-state index is 10.9. The maximum atomic E-state index is 10.9. The monoisotopic (exact) mass is 247 g/mol. The van der Waals surface area contributed by atoms with Crippen molar-refractivity contribution < 1.29 is 9.90 Å². The van der Waals surface area contributed by atoms with E-state index < -0.39 is 6.09 Å². The first-order chi connectivity index (χ1) is 8.61. The van der Waals surface area contributed by atoms with Gasteiger partial charge in [0.2, 0.25) is 5.95 Å². The second-order valence-electron chi connectivity index (χ2n) is 4.36. The summed E-state index contributed by atoms with van der Waals surface area (Å²) < 4.78 is 0. The number of rotatable bonds is 4. The van der Waals surface area contributed by atoms with Gasteiger partial charge in [-0.25, -0.2) is 9.78 Å². The Kier molecular flexibility index (Phi) is 3.50. The molecule has 0 bridgehead atoms. The number of carboxylic acid groups (broad SMARTS) is 1. The number of anilines is 1. The minimum atomic E-state index is -1.03. The summed E-state index contributed by atoms with van der Waals surface area (Å²) in [6, 6.07) is 6.02. The van der Waals surface area contributed by atoms with Gasteiger partial charge in [-0.1, -0.05) is 19.4 Å². The zero-order valence-electron chi connectivity index (χ0n) is 10.6. The number of unbranched alkanes of at least 4 members (excludes halogenated alkanes) is 1. The Labute approximate surface area is 105 Å². The average molecular weight is 247 g/mol. The molecule has 0 fully saturated rings. The van der Waals surface area contributed by atoms with Crippen LogP contribution in [0, 0.1) is 0 Å². The van der Waals surface area contributed by atoms with E-state index in [0.29, 0.717) is 5.95 Å². The van der Waals surface area contributed by atoms with E-state index in [1.807, 2.05) is 12.1 Å². The van der Waals surface area contributed by atoms with E-state index in [2.05, 4.69) is 23.0 Å². The molecule has 0 unspecified atom stereocenters. The zero-order valence-corrected chi connectivity index (χ0v) is 10.6. The third kappa shape index (κ3) is 2.45. The minimum absolute atomic E-state index is 0.352. The Hall–Kier alpha value is -2.04. The Bertz CT molecular complexity index is 562. The molecule has 0 saturated carbocycles. The fourth-order valence-electron chi connectivity index (χ4n) is 1.82. The van der Waals surface area contributed by atoms with Crippen LogP contribution in [-0.4, -0.2) is 28.2 Å². The van der Waals surface area contributed by atoms with Gasteiger partial charge in [-0.05, 0) is 30.5 Å². The highest BCUT2D eigenvalue weighted by molar-refractivity contribution is 5.86. The van der Waals surface area contributed by atoms with E-state index in [1.54, 1.807) is 0 Å². The number of fused-ring (bicyclic) bond motifs is 1. The van der Waals surface area contributed by atoms with E-state index in [4.69, 9.17) is 5.11 Å². The van der Waals surface area contributed by atoms with Gasteiger partial charge in [-0.2, -0.15) is 0 Å². The van der Waals surface area contributed by atoms with Crippen molar-refractivity contribution in [3.05, 3.63) is 23.8 Å². The second kappa shape index (κ2) is 5.08. The summed E-state index contributed by atoms with van der Waals surface area (Å²) >= 11 is 0. The van der Waals surface area contributed by atoms with Crippen molar-refractivity contribution >= 4 is 23.1 Å². The molecule has 96 valence electrons. The molecule has 1 aromatic carbocycles. The van der Waals surface area contributed by atoms with Crippen molar-refractivity contribution in [2.75, 3.05) is 11.9 Å². The smallest absolute Gasteiger partial charge is 0.413 e. The number of aryl methyl sites for hydroxylation is 1. The SMILES string of the molecule is CCCCc1ccc2[nH]c(N(C)C(=O)O)nc2c1. The Morgan fingerprint density at radius 2 is 2.28 bits per heavy atom. The molecule has 0 spiro atoms. The molecule has 2 rings (SSSR count). The van der Waals surface area contributed by atoms with E-state index in [-0.39, 0.29) is 0 Å². The van der Waals surface area contributed by atoms with Crippen LogP contribution in [0.2, 0.25) is 0 Å². The van der Waals surface area contributed by atoms with Crippen LogP contribution in [0.15, 0.2) is 18.2 Å². The van der Waals surface area contributed by atoms with E-state index in [9.17, 15) is 4.79 Å². The highest BCUT2D eigenvalue weighted by Crippen LogP contribution is 2.19. The standard InChI is InChI=1S/C13H17N3O2/c1-3-4-5-9-6-7-10-11(8-9)15-12(14-10)16(2)13(17)18/h6-8H,3-5H2,1-2H3,(H,14,15)(H,17,18). The summed E-state index contributed by atoms with van der Waals surface area (Å²) in [4.78, 5) is 19.2. The van der Waals surface area contributed by atoms with Crippen molar-refractivity contribution in [1.82, 2.24) is 9.97 Å². The van der Waals surface area contributed by atoms with Gasteiger partial charge in [0.1, 0.15) is 0 Å². The third-order valence-corrected chi connectivity index (χ3v) is 2.96. The molecule has 0 aliphatic heterocycles. The number of nitrogens with zero attached hydrogens (tertiary/aromatic N) is 2. The molecule has 0 radical (unpaired) electrons. The molecule has 2 N–H and O–H groups in total. The molecule has 0 atom stereocenters. The summed E-state index contributed by atoms with van der Waals surface area (Å²) in [6.07, 6.45) is 2.31. The lowest BCUT2D eigenvalue weighted by molar-refractivity contribution is 0.203. The van der Waals surface area contributed by atoms with E-state index in [1.165, 1.54) is 12.6 Å². The zero-order chi connectivity index (χ0) is 13.1. The van der Waals surface area contributed by atoms with Gasteiger partial charge >= 0.3 is 6.09 Å². The predicted octanol–water partition coefficient (Wildman–Crippen LogP) is 3.02. The average Bonchev–Trinajstić information content (AvgIpc) is 2.77. The van der Waals surface area contributed by atoms with E-state index >= 15 is 0 Å². The number of nitrogens with one attached hydrogen (secondary N) is 1. The van der Waals surface area contributed by atoms with Crippen LogP contribution in [0.25, 0.3) is 11.0 Å². The molecular weight excluding hydrogens is 230 g/mol. The molecule has 2 aromatic rings. The number of amides is 1. The van der Waals surface area contributed by atoms with Crippen molar-refractivity contribution in [2.24, 2.45) is 0 Å². The molecule has 0 aliphatic rings. The predicted molar refractivity (Wildman–Crippen MR) is 71.1 cm³/mol. The number of hydrogen-bond acceptors (Lipinski definition) is 2. The van der Waals surface area contributed by atoms with Crippen molar-refractivity contribution in [3.63, 3.8) is 0 Å². The molecule has 5 heteroatoms. The van der Waals surface area contributed by atoms with Gasteiger partial charge in [0.05, 0.1) is 11.0 Å². The number of carbonyl (C=O) groups is 1. The summed E-state index contributed by atoms with van der Waals surface area (Å²) in [6.45, 7) is 2.16. The topological polar surface area (TPSA) is 69.2 Å². The third-order valence-electron chi connectivity index (χ3n) is 2.96. The summed E-state index contributed by atoms with van der Waals surface area (Å²) in [5, 5.41) is 8.90. The molecule has 5 nitrogen and oxygen atoms in total. The Morgan fingerprint density at radius 1 is 1.50 bits per heavy atom. The Balaban J connectivity index is 2.30. The van der Waals surface area contributed by atoms with Gasteiger partial charge in [0.25, 0.3) is 0 Å². The first kappa shape index (κ1) is 12.4. The van der Waals surface area contributed by atoms with Gasteiger partial charge in [-0.15, -0.1) is 0 Å². The molecule has 1 amide bonds. The number of H-pyrrole nitrogens is 1. The number of hydrogen-bond donors (Lipinski definition) is 2. The lowest BCUT2D eigenvalue weighted by Crippen LogP contribution is -2.24. The van der Waals surface area contributed by atoms with Crippen LogP contribution in [0.5, 0.6) is 0 Å². The van der Waals surface area contributed by atoms with Crippen LogP contribution in [0.1, 0.15) is 25.3 Å². The van der Waals surface area contributed by atoms with Gasteiger partial charge < -0.3 is 10.1 Å². The number of aromatic amines is 1. The highest BCUT2D eigenvalue weighted by Gasteiger charge is 2.13. The van der Waals surface area contributed by atoms with Crippen molar-refractivity contribution in [1.29, 1.82) is 0 Å². The first-order valence-corrected chi connectivity index (χ1v) is 6.07. The molecule has 1 aromatic heterocycles. The van der Waals surface area contributed by atoms with Crippen LogP contribution < -0.4 is 4.90 Å². The first-order valence-electron chi connectivity index (χ1n) is 6.07. The lowest BCUT2D eigenvalue weighted by atomic mass is 10.1. The number of imidazole rings is 1. The van der Waals surface area contributed by atoms with Crippen molar-refractivity contribution in [3.8, 4) is 0 Å². The highest BCUT2D eigenvalue weighted by atomic mass is 16.4. The lowest BCUT2D eigenvalue weighted by Gasteiger charge is -2.07. The van der Waals surface area contributed by atoms with Crippen molar-refractivity contribution in [2.45, 2.75) is 26.2 Å². The largest absolute Gasteiger partial charge is 0.465 e. The molecule has 0 aliphatic carbocycles. The molecular formula is C13H17N3O2. The normalized spacial score (nSPS) is 10.8. The summed E-state index contributed by atoms with van der Waals surface area (Å²) in [5.74, 6) is 0.352. The van der Waals surface area contributed by atoms with Crippen LogP contribution in [0.4, 0.5) is 10.7 Å². The van der Waals surface area contributed by atoms with Gasteiger partial charge in [0, 0.05) is 7.05 Å². The van der Waals surface area contributed by atoms with Crippen LogP contribution in [-0.2, 0) is 6.42 Å². The fourth-order valence-corrected chi connectivity index (χ4v) is 1.82. The Morgan fingerprint density at radius 3 is 2.94 bits per heavy atom. The molecule has 0 saturated heterocycles. The quantitative estimate of drug-likeness (QED) is 0.872. The molecule has 18 heavy (non-hydrogen) atoms. The summed E-state index contributed by atoms with van der Waals surface area (Å²) in [5.41, 5.74) is 2.91. The second-order valence-corrected chi connectivity index (χ2v) is 4.36. The molecule has 1 heterocycles. The van der Waals surface area contributed by atoms with Crippen LogP contribution >= 0.6 is 0 Å². The van der Waals surface area contributed by atoms with Gasteiger partial charge in [0.15, 0.2) is 0 Å². The van der Waals surface area contributed by atoms with Gasteiger partial charge in [-0.3, -0.25) is 4.90 Å². The van der Waals surface area contributed by atoms with E-state index in [0.717, 1.165) is 35.2 Å². The van der Waals surface area contributed by atoms with Crippen LogP contribution in [0.3, 0.4) is 0 Å². The number of benzene rings is 1. The number of aromatic nitrogens is 2. The summed E-state index contributed by atoms with van der Waals surface area (Å²) in [7, 11) is 1.47. The minimum Gasteiger partial charge on any atom is -0.465 e. The maximum Gasteiger partial charge on any atom is 0.413 e. The fraction of sp³-hybridized carbons (Fsp3) is 0.385.